The number of carbonyl (C=O) groups excluding carboxylic acids is 1. The molecule has 126 valence electrons. The number of hydrogen-bond acceptors (Lipinski definition) is 3. The van der Waals surface area contributed by atoms with Gasteiger partial charge in [-0.2, -0.15) is 5.10 Å². The van der Waals surface area contributed by atoms with E-state index in [1.807, 2.05) is 62.4 Å². The molecule has 0 aliphatic heterocycles. The van der Waals surface area contributed by atoms with Crippen LogP contribution in [0.1, 0.15) is 27.2 Å². The smallest absolute Gasteiger partial charge is 0.276 e. The van der Waals surface area contributed by atoms with E-state index in [-0.39, 0.29) is 17.2 Å². The highest BCUT2D eigenvalue weighted by Gasteiger charge is 2.10. The highest BCUT2D eigenvalue weighted by atomic mass is 16.2. The molecule has 1 amide bonds. The van der Waals surface area contributed by atoms with Crippen molar-refractivity contribution in [3.05, 3.63) is 93.4 Å². The molecule has 0 radical (unpaired) electrons. The third kappa shape index (κ3) is 4.20. The Labute approximate surface area is 145 Å². The van der Waals surface area contributed by atoms with Gasteiger partial charge in [-0.25, -0.2) is 4.68 Å². The molecule has 1 N–H and O–H groups in total. The second-order valence-corrected chi connectivity index (χ2v) is 6.02. The van der Waals surface area contributed by atoms with Crippen LogP contribution in [0.25, 0.3) is 0 Å². The highest BCUT2D eigenvalue weighted by molar-refractivity contribution is 6.02. The lowest BCUT2D eigenvalue weighted by atomic mass is 10.1. The lowest BCUT2D eigenvalue weighted by molar-refractivity contribution is 0.102. The molecule has 1 aromatic heterocycles. The number of nitrogens with zero attached hydrogens (tertiary/aromatic N) is 2. The zero-order valence-corrected chi connectivity index (χ0v) is 14.2. The number of carbonyl (C=O) groups is 1. The fourth-order valence-corrected chi connectivity index (χ4v) is 2.47. The minimum Gasteiger partial charge on any atom is -0.321 e. The first-order valence-electron chi connectivity index (χ1n) is 8.03. The SMILES string of the molecule is Cc1ccc(Cn2nc(C(=O)Nc3cccc(C)c3)ccc2=O)cc1. The number of anilines is 1. The van der Waals surface area contributed by atoms with Crippen LogP contribution in [-0.2, 0) is 6.54 Å². The summed E-state index contributed by atoms with van der Waals surface area (Å²) in [5, 5.41) is 7.00. The molecule has 0 fully saturated rings. The Morgan fingerprint density at radius 3 is 2.48 bits per heavy atom. The summed E-state index contributed by atoms with van der Waals surface area (Å²) in [6.07, 6.45) is 0. The molecule has 0 aliphatic rings. The molecule has 0 saturated carbocycles. The first-order valence-corrected chi connectivity index (χ1v) is 8.03. The van der Waals surface area contributed by atoms with Crippen LogP contribution in [-0.4, -0.2) is 15.7 Å². The predicted molar refractivity (Wildman–Crippen MR) is 97.9 cm³/mol. The molecular formula is C20H19N3O2. The van der Waals surface area contributed by atoms with Crippen LogP contribution in [0, 0.1) is 13.8 Å². The van der Waals surface area contributed by atoms with Gasteiger partial charge in [-0.1, -0.05) is 42.0 Å². The number of aromatic nitrogens is 2. The molecule has 0 saturated heterocycles. The molecule has 3 aromatic rings. The van der Waals surface area contributed by atoms with Gasteiger partial charge in [-0.15, -0.1) is 0 Å². The molecule has 0 atom stereocenters. The molecule has 1 heterocycles. The number of hydrogen-bond donors (Lipinski definition) is 1. The third-order valence-corrected chi connectivity index (χ3v) is 3.83. The first-order chi connectivity index (χ1) is 12.0. The second-order valence-electron chi connectivity index (χ2n) is 6.02. The van der Waals surface area contributed by atoms with E-state index in [9.17, 15) is 9.59 Å². The Kier molecular flexibility index (Phi) is 4.75. The van der Waals surface area contributed by atoms with E-state index in [4.69, 9.17) is 0 Å². The Hall–Kier alpha value is -3.21. The van der Waals surface area contributed by atoms with Crippen LogP contribution < -0.4 is 10.9 Å². The molecule has 5 nitrogen and oxygen atoms in total. The van der Waals surface area contributed by atoms with Crippen molar-refractivity contribution in [2.45, 2.75) is 20.4 Å². The minimum atomic E-state index is -0.344. The van der Waals surface area contributed by atoms with Crippen molar-refractivity contribution in [2.75, 3.05) is 5.32 Å². The summed E-state index contributed by atoms with van der Waals surface area (Å²) in [5.41, 5.74) is 3.81. The Morgan fingerprint density at radius 1 is 1.00 bits per heavy atom. The van der Waals surface area contributed by atoms with Gasteiger partial charge in [-0.05, 0) is 43.2 Å². The first kappa shape index (κ1) is 16.6. The van der Waals surface area contributed by atoms with Gasteiger partial charge < -0.3 is 5.32 Å². The lowest BCUT2D eigenvalue weighted by Gasteiger charge is -2.09. The fourth-order valence-electron chi connectivity index (χ4n) is 2.47. The molecule has 0 bridgehead atoms. The number of aryl methyl sites for hydroxylation is 2. The normalized spacial score (nSPS) is 10.5. The quantitative estimate of drug-likeness (QED) is 0.798. The minimum absolute atomic E-state index is 0.202. The average Bonchev–Trinajstić information content (AvgIpc) is 2.59. The zero-order chi connectivity index (χ0) is 17.8. The maximum absolute atomic E-state index is 12.4. The van der Waals surface area contributed by atoms with Gasteiger partial charge in [0.05, 0.1) is 6.54 Å². The van der Waals surface area contributed by atoms with Gasteiger partial charge in [0.2, 0.25) is 0 Å². The van der Waals surface area contributed by atoms with Crippen LogP contribution >= 0.6 is 0 Å². The fraction of sp³-hybridized carbons (Fsp3) is 0.150. The molecule has 2 aromatic carbocycles. The zero-order valence-electron chi connectivity index (χ0n) is 14.2. The summed E-state index contributed by atoms with van der Waals surface area (Å²) >= 11 is 0. The summed E-state index contributed by atoms with van der Waals surface area (Å²) < 4.78 is 1.30. The summed E-state index contributed by atoms with van der Waals surface area (Å²) in [7, 11) is 0. The van der Waals surface area contributed by atoms with Crippen molar-refractivity contribution >= 4 is 11.6 Å². The van der Waals surface area contributed by atoms with E-state index in [1.165, 1.54) is 16.8 Å². The highest BCUT2D eigenvalue weighted by Crippen LogP contribution is 2.11. The van der Waals surface area contributed by atoms with Gasteiger partial charge in [0.15, 0.2) is 0 Å². The third-order valence-electron chi connectivity index (χ3n) is 3.83. The Morgan fingerprint density at radius 2 is 1.76 bits per heavy atom. The van der Waals surface area contributed by atoms with Gasteiger partial charge in [0, 0.05) is 11.8 Å². The second kappa shape index (κ2) is 7.13. The van der Waals surface area contributed by atoms with Gasteiger partial charge in [0.1, 0.15) is 5.69 Å². The molecule has 3 rings (SSSR count). The summed E-state index contributed by atoms with van der Waals surface area (Å²) in [5.74, 6) is -0.344. The average molecular weight is 333 g/mol. The van der Waals surface area contributed by atoms with Crippen molar-refractivity contribution in [3.63, 3.8) is 0 Å². The number of benzene rings is 2. The topological polar surface area (TPSA) is 64.0 Å². The van der Waals surface area contributed by atoms with Crippen LogP contribution in [0.2, 0.25) is 0 Å². The van der Waals surface area contributed by atoms with E-state index >= 15 is 0 Å². The summed E-state index contributed by atoms with van der Waals surface area (Å²) in [6, 6.07) is 18.2. The van der Waals surface area contributed by atoms with Crippen LogP contribution in [0.3, 0.4) is 0 Å². The number of rotatable bonds is 4. The van der Waals surface area contributed by atoms with E-state index in [1.54, 1.807) is 0 Å². The van der Waals surface area contributed by atoms with E-state index in [0.29, 0.717) is 12.2 Å². The van der Waals surface area contributed by atoms with Crippen LogP contribution in [0.15, 0.2) is 65.5 Å². The van der Waals surface area contributed by atoms with Gasteiger partial charge in [-0.3, -0.25) is 9.59 Å². The maximum Gasteiger partial charge on any atom is 0.276 e. The van der Waals surface area contributed by atoms with Gasteiger partial charge in [0.25, 0.3) is 11.5 Å². The maximum atomic E-state index is 12.4. The van der Waals surface area contributed by atoms with Crippen molar-refractivity contribution < 1.29 is 4.79 Å². The Bertz CT molecular complexity index is 959. The van der Waals surface area contributed by atoms with Gasteiger partial charge >= 0.3 is 0 Å². The molecule has 25 heavy (non-hydrogen) atoms. The summed E-state index contributed by atoms with van der Waals surface area (Å²) in [4.78, 5) is 24.4. The van der Waals surface area contributed by atoms with Crippen molar-refractivity contribution in [1.29, 1.82) is 0 Å². The predicted octanol–water partition coefficient (Wildman–Crippen LogP) is 3.16. The van der Waals surface area contributed by atoms with Crippen molar-refractivity contribution in [3.8, 4) is 0 Å². The number of amides is 1. The van der Waals surface area contributed by atoms with Crippen LogP contribution in [0.4, 0.5) is 5.69 Å². The Balaban J connectivity index is 1.82. The van der Waals surface area contributed by atoms with Crippen molar-refractivity contribution in [1.82, 2.24) is 9.78 Å². The molecule has 0 spiro atoms. The van der Waals surface area contributed by atoms with E-state index < -0.39 is 0 Å². The lowest BCUT2D eigenvalue weighted by Crippen LogP contribution is -2.26. The molecule has 5 heteroatoms. The standard InChI is InChI=1S/C20H19N3O2/c1-14-6-8-16(9-7-14)13-23-19(24)11-10-18(22-23)20(25)21-17-5-3-4-15(2)12-17/h3-12H,13H2,1-2H3,(H,21,25). The molecular weight excluding hydrogens is 314 g/mol. The largest absolute Gasteiger partial charge is 0.321 e. The van der Waals surface area contributed by atoms with Crippen LogP contribution in [0.5, 0.6) is 0 Å². The molecule has 0 aliphatic carbocycles. The number of nitrogens with one attached hydrogen (secondary N) is 1. The van der Waals surface area contributed by atoms with E-state index in [2.05, 4.69) is 10.4 Å². The summed E-state index contributed by atoms with van der Waals surface area (Å²) in [6.45, 7) is 4.28. The van der Waals surface area contributed by atoms with E-state index in [0.717, 1.165) is 16.7 Å². The van der Waals surface area contributed by atoms with Crippen molar-refractivity contribution in [2.24, 2.45) is 0 Å². The molecule has 0 unspecified atom stereocenters. The monoisotopic (exact) mass is 333 g/mol.